The van der Waals surface area contributed by atoms with Crippen LogP contribution < -0.4 is 14.9 Å². The number of pyridine rings is 1. The Labute approximate surface area is 254 Å². The van der Waals surface area contributed by atoms with Crippen LogP contribution in [0.1, 0.15) is 61.1 Å². The summed E-state index contributed by atoms with van der Waals surface area (Å²) in [5.41, 5.74) is 5.31. The number of rotatable bonds is 15. The van der Waals surface area contributed by atoms with E-state index in [-0.39, 0.29) is 4.90 Å². The molecule has 9 nitrogen and oxygen atoms in total. The maximum Gasteiger partial charge on any atom is 0.261 e. The van der Waals surface area contributed by atoms with Gasteiger partial charge in [-0.15, -0.1) is 0 Å². The number of nitrogens with zero attached hydrogens (tertiary/aromatic N) is 4. The van der Waals surface area contributed by atoms with Crippen molar-refractivity contribution in [2.24, 2.45) is 0 Å². The van der Waals surface area contributed by atoms with Gasteiger partial charge in [-0.3, -0.25) is 9.71 Å². The molecule has 0 saturated heterocycles. The number of sulfonamides is 1. The van der Waals surface area contributed by atoms with Crippen LogP contribution in [0.15, 0.2) is 84.1 Å². The number of benzene rings is 2. The van der Waals surface area contributed by atoms with E-state index < -0.39 is 16.1 Å². The van der Waals surface area contributed by atoms with Crippen LogP contribution in [0.25, 0.3) is 0 Å². The fourth-order valence-electron chi connectivity index (χ4n) is 5.26. The molecule has 0 radical (unpaired) electrons. The highest BCUT2D eigenvalue weighted by atomic mass is 32.2. The zero-order valence-electron chi connectivity index (χ0n) is 24.6. The van der Waals surface area contributed by atoms with E-state index in [1.807, 2.05) is 36.5 Å². The SMILES string of the molecule is CCCCCCc1ccnc(N2CCc3cc(S(=O)(=O)Nc4ccc(CCNC[C@H](O)c5cccnc5)cc4)ccc32)n1. The van der Waals surface area contributed by atoms with Crippen LogP contribution in [0.2, 0.25) is 0 Å². The van der Waals surface area contributed by atoms with Gasteiger partial charge >= 0.3 is 0 Å². The third kappa shape index (κ3) is 8.16. The summed E-state index contributed by atoms with van der Waals surface area (Å²) in [4.78, 5) is 15.6. The normalized spacial score (nSPS) is 13.6. The quantitative estimate of drug-likeness (QED) is 0.156. The number of fused-ring (bicyclic) bond motifs is 1. The molecule has 43 heavy (non-hydrogen) atoms. The molecule has 3 N–H and O–H groups in total. The van der Waals surface area contributed by atoms with Gasteiger partial charge in [-0.2, -0.15) is 0 Å². The number of unbranched alkanes of at least 4 members (excludes halogenated alkanes) is 3. The van der Waals surface area contributed by atoms with Gasteiger partial charge in [-0.1, -0.05) is 44.4 Å². The zero-order valence-corrected chi connectivity index (χ0v) is 25.4. The molecule has 1 atom stereocenters. The van der Waals surface area contributed by atoms with Gasteiger partial charge in [-0.05, 0) is 85.8 Å². The molecular formula is C33H40N6O3S. The van der Waals surface area contributed by atoms with Gasteiger partial charge in [0.1, 0.15) is 0 Å². The Hall–Kier alpha value is -3.86. The number of anilines is 3. The molecule has 5 rings (SSSR count). The summed E-state index contributed by atoms with van der Waals surface area (Å²) >= 11 is 0. The second kappa shape index (κ2) is 14.5. The van der Waals surface area contributed by atoms with Crippen LogP contribution in [-0.2, 0) is 29.3 Å². The van der Waals surface area contributed by atoms with E-state index in [2.05, 4.69) is 31.8 Å². The van der Waals surface area contributed by atoms with Crippen LogP contribution in [0, 0.1) is 0 Å². The summed E-state index contributed by atoms with van der Waals surface area (Å²) in [6, 6.07) is 18.3. The van der Waals surface area contributed by atoms with Crippen molar-refractivity contribution in [1.82, 2.24) is 20.3 Å². The van der Waals surface area contributed by atoms with Crippen molar-refractivity contribution < 1.29 is 13.5 Å². The number of nitrogens with one attached hydrogen (secondary N) is 2. The second-order valence-electron chi connectivity index (χ2n) is 10.9. The van der Waals surface area contributed by atoms with Gasteiger partial charge in [0.25, 0.3) is 10.0 Å². The minimum atomic E-state index is -3.75. The van der Waals surface area contributed by atoms with Crippen molar-refractivity contribution in [3.05, 3.63) is 102 Å². The Balaban J connectivity index is 1.15. The molecule has 1 aliphatic rings. The third-order valence-electron chi connectivity index (χ3n) is 7.69. The lowest BCUT2D eigenvalue weighted by molar-refractivity contribution is 0.174. The highest BCUT2D eigenvalue weighted by Crippen LogP contribution is 2.34. The van der Waals surface area contributed by atoms with E-state index in [4.69, 9.17) is 4.98 Å². The van der Waals surface area contributed by atoms with E-state index in [1.165, 1.54) is 19.3 Å². The first kappa shape index (κ1) is 30.6. The van der Waals surface area contributed by atoms with E-state index in [0.29, 0.717) is 31.3 Å². The highest BCUT2D eigenvalue weighted by molar-refractivity contribution is 7.92. The first-order valence-electron chi connectivity index (χ1n) is 15.1. The summed E-state index contributed by atoms with van der Waals surface area (Å²) in [6.07, 6.45) is 11.7. The van der Waals surface area contributed by atoms with Gasteiger partial charge in [0.05, 0.1) is 11.0 Å². The fraction of sp³-hybridized carbons (Fsp3) is 0.364. The van der Waals surface area contributed by atoms with Gasteiger partial charge in [0, 0.05) is 54.3 Å². The molecule has 0 fully saturated rings. The number of hydrogen-bond acceptors (Lipinski definition) is 8. The fourth-order valence-corrected chi connectivity index (χ4v) is 6.36. The summed E-state index contributed by atoms with van der Waals surface area (Å²) in [7, 11) is -3.75. The van der Waals surface area contributed by atoms with Crippen LogP contribution in [0.5, 0.6) is 0 Å². The average Bonchev–Trinajstić information content (AvgIpc) is 3.46. The molecule has 2 aromatic heterocycles. The first-order valence-corrected chi connectivity index (χ1v) is 16.5. The molecule has 0 unspecified atom stereocenters. The van der Waals surface area contributed by atoms with Crippen LogP contribution in [0.3, 0.4) is 0 Å². The highest BCUT2D eigenvalue weighted by Gasteiger charge is 2.25. The summed E-state index contributed by atoms with van der Waals surface area (Å²) in [6.45, 7) is 4.03. The molecule has 0 amide bonds. The predicted molar refractivity (Wildman–Crippen MR) is 170 cm³/mol. The molecule has 2 aromatic carbocycles. The molecule has 3 heterocycles. The van der Waals surface area contributed by atoms with Gasteiger partial charge in [0.15, 0.2) is 0 Å². The molecule has 226 valence electrons. The largest absolute Gasteiger partial charge is 0.387 e. The van der Waals surface area contributed by atoms with Gasteiger partial charge in [-0.25, -0.2) is 18.4 Å². The molecule has 0 spiro atoms. The smallest absolute Gasteiger partial charge is 0.261 e. The van der Waals surface area contributed by atoms with Crippen molar-refractivity contribution in [1.29, 1.82) is 0 Å². The Bertz CT molecular complexity index is 1580. The van der Waals surface area contributed by atoms with Crippen molar-refractivity contribution in [2.45, 2.75) is 62.9 Å². The second-order valence-corrected chi connectivity index (χ2v) is 12.6. The van der Waals surface area contributed by atoms with E-state index in [0.717, 1.165) is 53.8 Å². The Morgan fingerprint density at radius 3 is 2.65 bits per heavy atom. The number of aromatic nitrogens is 3. The molecule has 1 aliphatic heterocycles. The Morgan fingerprint density at radius 1 is 1.00 bits per heavy atom. The molecule has 0 aliphatic carbocycles. The number of aliphatic hydroxyl groups is 1. The molecular weight excluding hydrogens is 560 g/mol. The predicted octanol–water partition coefficient (Wildman–Crippen LogP) is 5.36. The maximum atomic E-state index is 13.2. The van der Waals surface area contributed by atoms with E-state index in [1.54, 1.807) is 42.7 Å². The average molecular weight is 601 g/mol. The minimum Gasteiger partial charge on any atom is -0.387 e. The van der Waals surface area contributed by atoms with Gasteiger partial charge in [0.2, 0.25) is 5.95 Å². The minimum absolute atomic E-state index is 0.235. The lowest BCUT2D eigenvalue weighted by Gasteiger charge is -2.18. The monoisotopic (exact) mass is 600 g/mol. The van der Waals surface area contributed by atoms with Crippen molar-refractivity contribution >= 4 is 27.3 Å². The maximum absolute atomic E-state index is 13.2. The van der Waals surface area contributed by atoms with Crippen LogP contribution in [0.4, 0.5) is 17.3 Å². The number of hydrogen-bond donors (Lipinski definition) is 3. The lowest BCUT2D eigenvalue weighted by atomic mass is 10.1. The topological polar surface area (TPSA) is 120 Å². The Morgan fingerprint density at radius 2 is 1.86 bits per heavy atom. The van der Waals surface area contributed by atoms with Gasteiger partial charge < -0.3 is 15.3 Å². The zero-order chi connectivity index (χ0) is 30.1. The summed E-state index contributed by atoms with van der Waals surface area (Å²) in [5.74, 6) is 0.667. The summed E-state index contributed by atoms with van der Waals surface area (Å²) in [5, 5.41) is 13.5. The standard InChI is InChI=1S/C33H40N6O3S/c1-2-3-4-5-8-28-16-20-36-33(37-28)39-21-17-26-22-30(13-14-31(26)39)43(41,42)38-29-11-9-25(10-12-29)15-19-35-24-32(40)27-7-6-18-34-23-27/h6-7,9-14,16,18,20,22-23,32,35,38,40H,2-5,8,15,17,19,21,24H2,1H3/t32-/m0/s1. The Kier molecular flexibility index (Phi) is 10.3. The molecule has 10 heteroatoms. The van der Waals surface area contributed by atoms with Crippen molar-refractivity contribution in [3.63, 3.8) is 0 Å². The number of aryl methyl sites for hydroxylation is 1. The van der Waals surface area contributed by atoms with Crippen molar-refractivity contribution in [2.75, 3.05) is 29.3 Å². The van der Waals surface area contributed by atoms with E-state index >= 15 is 0 Å². The third-order valence-corrected chi connectivity index (χ3v) is 9.07. The van der Waals surface area contributed by atoms with E-state index in [9.17, 15) is 13.5 Å². The van der Waals surface area contributed by atoms with Crippen LogP contribution in [-0.4, -0.2) is 48.1 Å². The molecule has 0 bridgehead atoms. The lowest BCUT2D eigenvalue weighted by Crippen LogP contribution is -2.23. The van der Waals surface area contributed by atoms with Crippen molar-refractivity contribution in [3.8, 4) is 0 Å². The number of aliphatic hydroxyl groups excluding tert-OH is 1. The molecule has 0 saturated carbocycles. The van der Waals surface area contributed by atoms with Crippen LogP contribution >= 0.6 is 0 Å². The summed E-state index contributed by atoms with van der Waals surface area (Å²) < 4.78 is 29.2. The first-order chi connectivity index (χ1) is 20.9. The molecule has 4 aromatic rings.